The van der Waals surface area contributed by atoms with Crippen molar-refractivity contribution in [3.63, 3.8) is 0 Å². The Morgan fingerprint density at radius 3 is 2.71 bits per heavy atom. The zero-order valence-electron chi connectivity index (χ0n) is 15.2. The van der Waals surface area contributed by atoms with Crippen molar-refractivity contribution in [3.05, 3.63) is 45.5 Å². The Bertz CT molecular complexity index is 1150. The maximum Gasteiger partial charge on any atom is 0.275 e. The van der Waals surface area contributed by atoms with E-state index in [-0.39, 0.29) is 10.5 Å². The Morgan fingerprint density at radius 1 is 1.21 bits per heavy atom. The van der Waals surface area contributed by atoms with Crippen LogP contribution in [-0.2, 0) is 15.8 Å². The predicted molar refractivity (Wildman–Crippen MR) is 108 cm³/mol. The molecule has 0 aliphatic carbocycles. The van der Waals surface area contributed by atoms with Gasteiger partial charge in [0.05, 0.1) is 10.7 Å². The number of aromatic nitrogens is 4. The quantitative estimate of drug-likeness (QED) is 0.565. The fraction of sp³-hybridized carbons (Fsp3) is 0.412. The molecule has 3 aromatic rings. The summed E-state index contributed by atoms with van der Waals surface area (Å²) >= 11 is 2.77. The normalized spacial score (nSPS) is 15.9. The van der Waals surface area contributed by atoms with Crippen LogP contribution in [0.25, 0.3) is 4.96 Å². The first-order chi connectivity index (χ1) is 13.4. The van der Waals surface area contributed by atoms with Gasteiger partial charge in [0.25, 0.3) is 5.56 Å². The van der Waals surface area contributed by atoms with Gasteiger partial charge in [-0.1, -0.05) is 17.8 Å². The third-order valence-corrected chi connectivity index (χ3v) is 8.11. The number of sulfonamides is 1. The molecule has 0 aromatic carbocycles. The van der Waals surface area contributed by atoms with Gasteiger partial charge in [-0.15, -0.1) is 11.8 Å². The predicted octanol–water partition coefficient (Wildman–Crippen LogP) is 2.32. The first-order valence-corrected chi connectivity index (χ1v) is 12.1. The third-order valence-electron chi connectivity index (χ3n) is 4.43. The summed E-state index contributed by atoms with van der Waals surface area (Å²) in [5.74, 6) is 0.466. The maximum absolute atomic E-state index is 12.7. The van der Waals surface area contributed by atoms with Gasteiger partial charge >= 0.3 is 0 Å². The van der Waals surface area contributed by atoms with Crippen LogP contribution in [0.15, 0.2) is 39.1 Å². The molecule has 0 atom stereocenters. The van der Waals surface area contributed by atoms with Crippen LogP contribution in [0.1, 0.15) is 30.0 Å². The highest BCUT2D eigenvalue weighted by Crippen LogP contribution is 2.24. The van der Waals surface area contributed by atoms with E-state index in [1.165, 1.54) is 44.2 Å². The minimum Gasteiger partial charge on any atom is -0.267 e. The topological polar surface area (TPSA) is 97.5 Å². The lowest BCUT2D eigenvalue weighted by atomic mass is 10.2. The van der Waals surface area contributed by atoms with Crippen molar-refractivity contribution in [3.8, 4) is 0 Å². The Morgan fingerprint density at radius 2 is 2.00 bits per heavy atom. The van der Waals surface area contributed by atoms with E-state index in [9.17, 15) is 13.2 Å². The van der Waals surface area contributed by atoms with Gasteiger partial charge in [-0.3, -0.25) is 4.79 Å². The first-order valence-electron chi connectivity index (χ1n) is 8.89. The molecule has 4 heterocycles. The Labute approximate surface area is 170 Å². The van der Waals surface area contributed by atoms with E-state index < -0.39 is 10.0 Å². The van der Waals surface area contributed by atoms with Crippen LogP contribution >= 0.6 is 23.1 Å². The summed E-state index contributed by atoms with van der Waals surface area (Å²) in [5, 5.41) is 5.58. The molecule has 1 aliphatic rings. The molecule has 0 N–H and O–H groups in total. The van der Waals surface area contributed by atoms with Crippen molar-refractivity contribution in [1.82, 2.24) is 23.9 Å². The van der Waals surface area contributed by atoms with Gasteiger partial charge < -0.3 is 0 Å². The Kier molecular flexibility index (Phi) is 5.50. The average molecular weight is 438 g/mol. The lowest BCUT2D eigenvalue weighted by Crippen LogP contribution is -2.35. The van der Waals surface area contributed by atoms with E-state index >= 15 is 0 Å². The van der Waals surface area contributed by atoms with Crippen LogP contribution in [0.3, 0.4) is 0 Å². The summed E-state index contributed by atoms with van der Waals surface area (Å²) in [7, 11) is -3.47. The van der Waals surface area contributed by atoms with Gasteiger partial charge in [0.15, 0.2) is 0 Å². The van der Waals surface area contributed by atoms with Gasteiger partial charge in [0, 0.05) is 31.1 Å². The van der Waals surface area contributed by atoms with Crippen molar-refractivity contribution in [2.24, 2.45) is 0 Å². The van der Waals surface area contributed by atoms with Gasteiger partial charge in [-0.25, -0.2) is 18.4 Å². The van der Waals surface area contributed by atoms with Crippen LogP contribution in [0.5, 0.6) is 0 Å². The van der Waals surface area contributed by atoms with Crippen molar-refractivity contribution in [2.45, 2.75) is 41.9 Å². The molecule has 28 heavy (non-hydrogen) atoms. The summed E-state index contributed by atoms with van der Waals surface area (Å²) in [6.07, 6.45) is 4.28. The minimum absolute atomic E-state index is 0.208. The average Bonchev–Trinajstić information content (AvgIpc) is 3.08. The monoisotopic (exact) mass is 437 g/mol. The second-order valence-electron chi connectivity index (χ2n) is 6.49. The van der Waals surface area contributed by atoms with Crippen molar-refractivity contribution in [1.29, 1.82) is 0 Å². The van der Waals surface area contributed by atoms with Crippen LogP contribution in [0.4, 0.5) is 0 Å². The summed E-state index contributed by atoms with van der Waals surface area (Å²) < 4.78 is 28.2. The maximum atomic E-state index is 12.7. The first kappa shape index (κ1) is 19.5. The lowest BCUT2D eigenvalue weighted by molar-refractivity contribution is 0.346. The molecule has 0 spiro atoms. The van der Waals surface area contributed by atoms with E-state index in [4.69, 9.17) is 0 Å². The minimum atomic E-state index is -3.47. The van der Waals surface area contributed by atoms with E-state index in [2.05, 4.69) is 15.1 Å². The number of hydrogen-bond donors (Lipinski definition) is 0. The summed E-state index contributed by atoms with van der Waals surface area (Å²) in [5.41, 5.74) is 0.436. The molecule has 0 radical (unpaired) electrons. The molecule has 148 valence electrons. The second kappa shape index (κ2) is 7.90. The van der Waals surface area contributed by atoms with Crippen molar-refractivity contribution < 1.29 is 8.42 Å². The number of rotatable bonds is 5. The van der Waals surface area contributed by atoms with Crippen LogP contribution in [0, 0.1) is 6.92 Å². The van der Waals surface area contributed by atoms with Crippen LogP contribution < -0.4 is 5.56 Å². The van der Waals surface area contributed by atoms with E-state index in [1.807, 2.05) is 6.92 Å². The molecular weight excluding hydrogens is 418 g/mol. The fourth-order valence-corrected chi connectivity index (χ4v) is 6.00. The molecule has 0 saturated carbocycles. The lowest BCUT2D eigenvalue weighted by Gasteiger charge is -2.25. The molecule has 1 fully saturated rings. The van der Waals surface area contributed by atoms with E-state index in [1.54, 1.807) is 12.1 Å². The molecule has 8 nitrogen and oxygen atoms in total. The highest BCUT2D eigenvalue weighted by Gasteiger charge is 2.26. The summed E-state index contributed by atoms with van der Waals surface area (Å²) in [6.45, 7) is 2.97. The van der Waals surface area contributed by atoms with Crippen molar-refractivity contribution in [2.75, 3.05) is 13.1 Å². The molecule has 1 saturated heterocycles. The van der Waals surface area contributed by atoms with Crippen LogP contribution in [0.2, 0.25) is 0 Å². The third kappa shape index (κ3) is 3.97. The van der Waals surface area contributed by atoms with Gasteiger partial charge in [-0.2, -0.15) is 13.9 Å². The molecule has 0 bridgehead atoms. The highest BCUT2D eigenvalue weighted by atomic mass is 32.2. The molecule has 0 unspecified atom stereocenters. The number of hydrogen-bond acceptors (Lipinski definition) is 8. The SMILES string of the molecule is Cc1nn2c(=O)cc(CSc3ccc(S(=O)(=O)N4CCCCC4)cn3)nc2s1. The number of aryl methyl sites for hydroxylation is 1. The zero-order chi connectivity index (χ0) is 19.7. The molecular formula is C17H19N5O3S3. The molecule has 0 amide bonds. The number of thioether (sulfide) groups is 1. The van der Waals surface area contributed by atoms with Crippen LogP contribution in [-0.4, -0.2) is 45.4 Å². The Balaban J connectivity index is 1.47. The second-order valence-corrected chi connectivity index (χ2v) is 10.6. The van der Waals surface area contributed by atoms with Gasteiger partial charge in [0.2, 0.25) is 15.0 Å². The molecule has 4 rings (SSSR count). The summed E-state index contributed by atoms with van der Waals surface area (Å²) in [6, 6.07) is 4.76. The van der Waals surface area contributed by atoms with Crippen molar-refractivity contribution >= 4 is 38.1 Å². The smallest absolute Gasteiger partial charge is 0.267 e. The highest BCUT2D eigenvalue weighted by molar-refractivity contribution is 7.98. The standard InChI is InChI=1S/C17H19N5O3S3/c1-12-20-22-16(23)9-13(19-17(22)27-12)11-26-15-6-5-14(10-18-15)28(24,25)21-7-3-2-4-8-21/h5-6,9-10H,2-4,7-8,11H2,1H3. The largest absolute Gasteiger partial charge is 0.275 e. The van der Waals surface area contributed by atoms with E-state index in [0.717, 1.165) is 24.3 Å². The number of fused-ring (bicyclic) bond motifs is 1. The molecule has 3 aromatic heterocycles. The number of piperidine rings is 1. The zero-order valence-corrected chi connectivity index (χ0v) is 17.7. The van der Waals surface area contributed by atoms with Gasteiger partial charge in [0.1, 0.15) is 9.90 Å². The number of nitrogens with zero attached hydrogens (tertiary/aromatic N) is 5. The molecule has 1 aliphatic heterocycles. The fourth-order valence-electron chi connectivity index (χ4n) is 3.03. The Hall–Kier alpha value is -1.82. The van der Waals surface area contributed by atoms with E-state index in [0.29, 0.717) is 34.5 Å². The molecule has 11 heteroatoms. The summed E-state index contributed by atoms with van der Waals surface area (Å²) in [4.78, 5) is 21.6. The number of pyridine rings is 1. The van der Waals surface area contributed by atoms with Gasteiger partial charge in [-0.05, 0) is 31.9 Å².